The molecule has 0 amide bonds. The van der Waals surface area contributed by atoms with Crippen molar-refractivity contribution in [1.29, 1.82) is 0 Å². The first-order valence-electron chi connectivity index (χ1n) is 6.70. The standard InChI is InChI=1S/C14H24N2O2/c1-14(2,9-11-16-13-18)8-6-4-3-5-7-10-15-12-17/h3-11H2,1-2H3. The summed E-state index contributed by atoms with van der Waals surface area (Å²) in [6.45, 7) is 5.62. The Balaban J connectivity index is 3.45. The molecule has 0 fully saturated rings. The average molecular weight is 252 g/mol. The van der Waals surface area contributed by atoms with Crippen LogP contribution < -0.4 is 0 Å². The molecule has 4 heteroatoms. The number of hydrogen-bond donors (Lipinski definition) is 0. The van der Waals surface area contributed by atoms with Crippen LogP contribution in [0.2, 0.25) is 0 Å². The second kappa shape index (κ2) is 10.9. The van der Waals surface area contributed by atoms with E-state index >= 15 is 0 Å². The van der Waals surface area contributed by atoms with E-state index in [4.69, 9.17) is 0 Å². The first-order valence-corrected chi connectivity index (χ1v) is 6.70. The molecular formula is C14H24N2O2. The van der Waals surface area contributed by atoms with Gasteiger partial charge in [-0.1, -0.05) is 39.5 Å². The molecule has 0 N–H and O–H groups in total. The number of hydrogen-bond acceptors (Lipinski definition) is 4. The largest absolute Gasteiger partial charge is 0.234 e. The molecule has 0 unspecified atom stereocenters. The fraction of sp³-hybridized carbons (Fsp3) is 0.857. The maximum atomic E-state index is 9.97. The minimum Gasteiger partial charge on any atom is -0.211 e. The van der Waals surface area contributed by atoms with Crippen molar-refractivity contribution >= 4 is 12.2 Å². The van der Waals surface area contributed by atoms with E-state index in [9.17, 15) is 9.59 Å². The molecule has 4 nitrogen and oxygen atoms in total. The Morgan fingerprint density at radius 3 is 2.00 bits per heavy atom. The van der Waals surface area contributed by atoms with E-state index in [1.54, 1.807) is 12.2 Å². The number of carbonyl (C=O) groups excluding carboxylic acids is 2. The van der Waals surface area contributed by atoms with Crippen molar-refractivity contribution in [2.45, 2.75) is 58.8 Å². The van der Waals surface area contributed by atoms with Crippen molar-refractivity contribution in [2.75, 3.05) is 13.1 Å². The van der Waals surface area contributed by atoms with E-state index in [1.807, 2.05) is 0 Å². The molecule has 0 rings (SSSR count). The van der Waals surface area contributed by atoms with E-state index in [0.29, 0.717) is 13.1 Å². The molecule has 0 aliphatic rings. The molecule has 0 aromatic carbocycles. The summed E-state index contributed by atoms with van der Waals surface area (Å²) in [7, 11) is 0. The summed E-state index contributed by atoms with van der Waals surface area (Å²) < 4.78 is 0. The molecule has 0 spiro atoms. The molecule has 18 heavy (non-hydrogen) atoms. The van der Waals surface area contributed by atoms with Crippen molar-refractivity contribution in [2.24, 2.45) is 15.4 Å². The van der Waals surface area contributed by atoms with Gasteiger partial charge in [0.2, 0.25) is 12.2 Å². The lowest BCUT2D eigenvalue weighted by Crippen LogP contribution is -2.12. The van der Waals surface area contributed by atoms with Crippen molar-refractivity contribution in [3.05, 3.63) is 0 Å². The molecule has 102 valence electrons. The third-order valence-electron chi connectivity index (χ3n) is 3.15. The minimum atomic E-state index is 0.252. The smallest absolute Gasteiger partial charge is 0.211 e. The van der Waals surface area contributed by atoms with Gasteiger partial charge in [-0.15, -0.1) is 0 Å². The summed E-state index contributed by atoms with van der Waals surface area (Å²) in [4.78, 5) is 26.9. The van der Waals surface area contributed by atoms with Crippen molar-refractivity contribution in [3.63, 3.8) is 0 Å². The first kappa shape index (κ1) is 16.8. The number of isocyanates is 2. The van der Waals surface area contributed by atoms with Gasteiger partial charge in [-0.3, -0.25) is 0 Å². The van der Waals surface area contributed by atoms with Crippen LogP contribution in [0.4, 0.5) is 0 Å². The lowest BCUT2D eigenvalue weighted by atomic mass is 9.83. The molecule has 0 saturated carbocycles. The summed E-state index contributed by atoms with van der Waals surface area (Å²) in [6.07, 6.45) is 10.9. The second-order valence-corrected chi connectivity index (χ2v) is 5.38. The maximum absolute atomic E-state index is 9.97. The van der Waals surface area contributed by atoms with Crippen LogP contribution in [0.5, 0.6) is 0 Å². The van der Waals surface area contributed by atoms with Crippen molar-refractivity contribution < 1.29 is 9.59 Å². The highest BCUT2D eigenvalue weighted by Gasteiger charge is 2.16. The van der Waals surface area contributed by atoms with Crippen LogP contribution in [0.15, 0.2) is 9.98 Å². The van der Waals surface area contributed by atoms with Gasteiger partial charge in [0.15, 0.2) is 0 Å². The Morgan fingerprint density at radius 1 is 0.778 bits per heavy atom. The molecule has 0 aromatic heterocycles. The van der Waals surface area contributed by atoms with Crippen LogP contribution in [-0.2, 0) is 9.59 Å². The number of unbranched alkanes of at least 4 members (excludes halogenated alkanes) is 4. The lowest BCUT2D eigenvalue weighted by Gasteiger charge is -2.23. The van der Waals surface area contributed by atoms with Crippen molar-refractivity contribution in [1.82, 2.24) is 0 Å². The highest BCUT2D eigenvalue weighted by Crippen LogP contribution is 2.27. The zero-order valence-corrected chi connectivity index (χ0v) is 11.6. The van der Waals surface area contributed by atoms with Crippen LogP contribution in [0, 0.1) is 5.41 Å². The molecule has 0 heterocycles. The van der Waals surface area contributed by atoms with E-state index in [1.165, 1.54) is 19.3 Å². The SMILES string of the molecule is CC(C)(CCCCCCCN=C=O)CCN=C=O. The first-order chi connectivity index (χ1) is 8.62. The number of nitrogens with zero attached hydrogens (tertiary/aromatic N) is 2. The molecule has 0 aliphatic carbocycles. The molecule has 0 bridgehead atoms. The predicted molar refractivity (Wildman–Crippen MR) is 72.1 cm³/mol. The topological polar surface area (TPSA) is 58.9 Å². The van der Waals surface area contributed by atoms with Crippen LogP contribution in [0.3, 0.4) is 0 Å². The third-order valence-corrected chi connectivity index (χ3v) is 3.15. The second-order valence-electron chi connectivity index (χ2n) is 5.38. The highest BCUT2D eigenvalue weighted by molar-refractivity contribution is 5.32. The quantitative estimate of drug-likeness (QED) is 0.321. The van der Waals surface area contributed by atoms with Crippen LogP contribution in [-0.4, -0.2) is 25.2 Å². The zero-order chi connectivity index (χ0) is 13.7. The van der Waals surface area contributed by atoms with Gasteiger partial charge in [-0.05, 0) is 24.7 Å². The normalized spacial score (nSPS) is 10.6. The molecule has 0 atom stereocenters. The molecule has 0 radical (unpaired) electrons. The van der Waals surface area contributed by atoms with Crippen LogP contribution >= 0.6 is 0 Å². The summed E-state index contributed by atoms with van der Waals surface area (Å²) >= 11 is 0. The van der Waals surface area contributed by atoms with Gasteiger partial charge >= 0.3 is 0 Å². The fourth-order valence-electron chi connectivity index (χ4n) is 1.90. The Hall–Kier alpha value is -1.24. The Kier molecular flexibility index (Phi) is 10.1. The Bertz CT molecular complexity index is 301. The fourth-order valence-corrected chi connectivity index (χ4v) is 1.90. The summed E-state index contributed by atoms with van der Waals surface area (Å²) in [5, 5.41) is 0. The summed E-state index contributed by atoms with van der Waals surface area (Å²) in [6, 6.07) is 0. The highest BCUT2D eigenvalue weighted by atomic mass is 16.1. The average Bonchev–Trinajstić information content (AvgIpc) is 2.33. The van der Waals surface area contributed by atoms with Gasteiger partial charge in [0.05, 0.1) is 13.1 Å². The number of aliphatic imine (C=N–C) groups is 2. The van der Waals surface area contributed by atoms with E-state index in [0.717, 1.165) is 25.7 Å². The van der Waals surface area contributed by atoms with Gasteiger partial charge in [-0.25, -0.2) is 19.6 Å². The molecular weight excluding hydrogens is 228 g/mol. The summed E-state index contributed by atoms with van der Waals surface area (Å²) in [5.74, 6) is 0. The van der Waals surface area contributed by atoms with Crippen LogP contribution in [0.1, 0.15) is 58.8 Å². The molecule has 0 aliphatic heterocycles. The van der Waals surface area contributed by atoms with E-state index in [-0.39, 0.29) is 5.41 Å². The Labute approximate surface area is 110 Å². The van der Waals surface area contributed by atoms with Crippen LogP contribution in [0.25, 0.3) is 0 Å². The summed E-state index contributed by atoms with van der Waals surface area (Å²) in [5.41, 5.74) is 0.252. The predicted octanol–water partition coefficient (Wildman–Crippen LogP) is 3.41. The van der Waals surface area contributed by atoms with Gasteiger partial charge in [0.25, 0.3) is 0 Å². The van der Waals surface area contributed by atoms with Crippen molar-refractivity contribution in [3.8, 4) is 0 Å². The monoisotopic (exact) mass is 252 g/mol. The number of rotatable bonds is 11. The van der Waals surface area contributed by atoms with Gasteiger partial charge < -0.3 is 0 Å². The Morgan fingerprint density at radius 2 is 1.33 bits per heavy atom. The van der Waals surface area contributed by atoms with Gasteiger partial charge in [0.1, 0.15) is 0 Å². The molecule has 0 aromatic rings. The third kappa shape index (κ3) is 11.3. The zero-order valence-electron chi connectivity index (χ0n) is 11.6. The van der Waals surface area contributed by atoms with E-state index < -0.39 is 0 Å². The van der Waals surface area contributed by atoms with Gasteiger partial charge in [0, 0.05) is 0 Å². The van der Waals surface area contributed by atoms with E-state index in [2.05, 4.69) is 23.8 Å². The lowest BCUT2D eigenvalue weighted by molar-refractivity contribution is 0.299. The maximum Gasteiger partial charge on any atom is 0.234 e. The van der Waals surface area contributed by atoms with Gasteiger partial charge in [-0.2, -0.15) is 0 Å². The molecule has 0 saturated heterocycles. The minimum absolute atomic E-state index is 0.252.